The Balaban J connectivity index is 2.18. The molecule has 2 aromatic rings. The average molecular weight is 306 g/mol. The molecule has 1 atom stereocenters. The van der Waals surface area contributed by atoms with Gasteiger partial charge >= 0.3 is 0 Å². The molecule has 0 aliphatic heterocycles. The van der Waals surface area contributed by atoms with Gasteiger partial charge in [0.15, 0.2) is 0 Å². The molecule has 0 aromatic carbocycles. The van der Waals surface area contributed by atoms with Crippen molar-refractivity contribution in [2.75, 3.05) is 17.6 Å². The van der Waals surface area contributed by atoms with E-state index in [1.807, 2.05) is 12.3 Å². The second kappa shape index (κ2) is 5.76. The lowest BCUT2D eigenvalue weighted by Crippen LogP contribution is -2.26. The van der Waals surface area contributed by atoms with Crippen molar-refractivity contribution in [3.05, 3.63) is 10.4 Å². The van der Waals surface area contributed by atoms with E-state index in [4.69, 9.17) is 10.8 Å². The third-order valence-electron chi connectivity index (χ3n) is 2.36. The van der Waals surface area contributed by atoms with Gasteiger partial charge < -0.3 is 16.2 Å². The monoisotopic (exact) mass is 306 g/mol. The Labute approximate surface area is 116 Å². The highest BCUT2D eigenvalue weighted by Crippen LogP contribution is 2.37. The van der Waals surface area contributed by atoms with Gasteiger partial charge in [-0.05, 0) is 18.5 Å². The van der Waals surface area contributed by atoms with Gasteiger partial charge in [-0.2, -0.15) is 4.37 Å². The highest BCUT2D eigenvalue weighted by molar-refractivity contribution is 7.11. The first kappa shape index (κ1) is 14.1. The minimum Gasteiger partial charge on any atom is -0.385 e. The van der Waals surface area contributed by atoms with Crippen molar-refractivity contribution in [2.24, 2.45) is 0 Å². The molecule has 19 heavy (non-hydrogen) atoms. The van der Waals surface area contributed by atoms with Crippen LogP contribution in [0.15, 0.2) is 5.38 Å². The summed E-state index contributed by atoms with van der Waals surface area (Å²) in [5, 5.41) is 15.0. The summed E-state index contributed by atoms with van der Waals surface area (Å²) in [6.45, 7) is 1.59. The fourth-order valence-electron chi connectivity index (χ4n) is 1.44. The summed E-state index contributed by atoms with van der Waals surface area (Å²) in [7, 11) is 0. The van der Waals surface area contributed by atoms with Crippen LogP contribution in [0.25, 0.3) is 11.3 Å². The predicted molar refractivity (Wildman–Crippen MR) is 72.9 cm³/mol. The molecule has 5 nitrogen and oxygen atoms in total. The number of aromatic nitrogens is 2. The normalized spacial score (nSPS) is 12.9. The van der Waals surface area contributed by atoms with Gasteiger partial charge in [-0.15, -0.1) is 11.3 Å². The van der Waals surface area contributed by atoms with E-state index in [-0.39, 0.29) is 6.54 Å². The topological polar surface area (TPSA) is 84.1 Å². The molecule has 1 unspecified atom stereocenters. The van der Waals surface area contributed by atoms with Crippen LogP contribution in [0.4, 0.5) is 19.6 Å². The molecule has 104 valence electrons. The molecule has 9 heteroatoms. The maximum Gasteiger partial charge on any atom is 0.265 e. The number of aliphatic hydroxyl groups excluding tert-OH is 1. The molecule has 2 heterocycles. The summed E-state index contributed by atoms with van der Waals surface area (Å²) in [6.07, 6.45) is -4.52. The van der Waals surface area contributed by atoms with E-state index in [0.717, 1.165) is 16.5 Å². The zero-order valence-corrected chi connectivity index (χ0v) is 11.6. The van der Waals surface area contributed by atoms with Crippen LogP contribution in [-0.4, -0.2) is 33.5 Å². The van der Waals surface area contributed by atoms with Crippen molar-refractivity contribution >= 4 is 33.7 Å². The van der Waals surface area contributed by atoms with Crippen molar-refractivity contribution in [3.8, 4) is 11.3 Å². The molecule has 0 saturated heterocycles. The zero-order chi connectivity index (χ0) is 14.0. The van der Waals surface area contributed by atoms with Crippen LogP contribution in [0, 0.1) is 6.92 Å². The van der Waals surface area contributed by atoms with Crippen LogP contribution in [-0.2, 0) is 0 Å². The van der Waals surface area contributed by atoms with Crippen LogP contribution >= 0.6 is 22.9 Å². The summed E-state index contributed by atoms with van der Waals surface area (Å²) in [5.41, 5.74) is 7.01. The summed E-state index contributed by atoms with van der Waals surface area (Å²) < 4.78 is 28.4. The number of nitrogens with one attached hydrogen (secondary N) is 1. The number of nitrogen functional groups attached to an aromatic ring is 1. The number of aryl methyl sites for hydroxylation is 1. The van der Waals surface area contributed by atoms with E-state index in [2.05, 4.69) is 14.7 Å². The van der Waals surface area contributed by atoms with E-state index in [9.17, 15) is 8.78 Å². The third-order valence-corrected chi connectivity index (χ3v) is 3.95. The first-order valence-electron chi connectivity index (χ1n) is 5.36. The van der Waals surface area contributed by atoms with Crippen LogP contribution in [0.1, 0.15) is 5.01 Å². The number of halogens is 2. The molecule has 0 amide bonds. The molecule has 0 aliphatic carbocycles. The summed E-state index contributed by atoms with van der Waals surface area (Å²) in [6, 6.07) is 0. The van der Waals surface area contributed by atoms with E-state index < -0.39 is 12.5 Å². The number of nitrogens with zero attached hydrogens (tertiary/aromatic N) is 2. The second-order valence-corrected chi connectivity index (χ2v) is 5.64. The Kier molecular flexibility index (Phi) is 4.27. The molecule has 0 spiro atoms. The number of rotatable bonds is 5. The Hall–Kier alpha value is -1.32. The molecular formula is C10H12F2N4OS2. The number of hydrogen-bond donors (Lipinski definition) is 3. The highest BCUT2D eigenvalue weighted by atomic mass is 32.1. The Morgan fingerprint density at radius 2 is 2.26 bits per heavy atom. The van der Waals surface area contributed by atoms with Crippen LogP contribution in [0.5, 0.6) is 0 Å². The molecule has 0 saturated carbocycles. The van der Waals surface area contributed by atoms with Crippen LogP contribution in [0.3, 0.4) is 0 Å². The van der Waals surface area contributed by atoms with E-state index in [1.165, 1.54) is 11.3 Å². The molecule has 4 N–H and O–H groups in total. The molecule has 2 aromatic heterocycles. The number of alkyl halides is 2. The van der Waals surface area contributed by atoms with Crippen molar-refractivity contribution in [1.29, 1.82) is 0 Å². The van der Waals surface area contributed by atoms with Crippen LogP contribution < -0.4 is 11.1 Å². The Morgan fingerprint density at radius 1 is 1.53 bits per heavy atom. The maximum atomic E-state index is 12.2. The minimum absolute atomic E-state index is 0.268. The fraction of sp³-hybridized carbons (Fsp3) is 0.400. The SMILES string of the molecule is Cc1nc(-c2c(N)nsc2NCC(O)C(F)F)cs1. The first-order valence-corrected chi connectivity index (χ1v) is 7.02. The van der Waals surface area contributed by atoms with Crippen molar-refractivity contribution < 1.29 is 13.9 Å². The van der Waals surface area contributed by atoms with E-state index in [0.29, 0.717) is 22.1 Å². The van der Waals surface area contributed by atoms with Crippen molar-refractivity contribution in [3.63, 3.8) is 0 Å². The average Bonchev–Trinajstić information content (AvgIpc) is 2.92. The van der Waals surface area contributed by atoms with Gasteiger partial charge in [0.2, 0.25) is 0 Å². The minimum atomic E-state index is -2.79. The molecule has 0 bridgehead atoms. The van der Waals surface area contributed by atoms with Gasteiger partial charge in [-0.25, -0.2) is 13.8 Å². The quantitative estimate of drug-likeness (QED) is 0.788. The molecular weight excluding hydrogens is 294 g/mol. The number of anilines is 2. The zero-order valence-electron chi connectivity index (χ0n) is 9.93. The predicted octanol–water partition coefficient (Wildman–Crippen LogP) is 2.20. The Bertz CT molecular complexity index is 557. The smallest absolute Gasteiger partial charge is 0.265 e. The van der Waals surface area contributed by atoms with Gasteiger partial charge in [-0.1, -0.05) is 0 Å². The number of hydrogen-bond acceptors (Lipinski definition) is 7. The van der Waals surface area contributed by atoms with Gasteiger partial charge in [0.05, 0.1) is 16.3 Å². The fourth-order valence-corrected chi connectivity index (χ4v) is 2.77. The third kappa shape index (κ3) is 3.17. The number of aliphatic hydroxyl groups is 1. The van der Waals surface area contributed by atoms with E-state index in [1.54, 1.807) is 0 Å². The summed E-state index contributed by atoms with van der Waals surface area (Å²) in [4.78, 5) is 4.29. The standard InChI is InChI=1S/C10H12F2N4OS2/c1-4-15-5(3-18-4)7-9(13)16-19-10(7)14-2-6(17)8(11)12/h3,6,8,14,17H,2H2,1H3,(H2,13,16). The Morgan fingerprint density at radius 3 is 2.84 bits per heavy atom. The molecule has 0 aliphatic rings. The largest absolute Gasteiger partial charge is 0.385 e. The second-order valence-electron chi connectivity index (χ2n) is 3.81. The maximum absolute atomic E-state index is 12.2. The van der Waals surface area contributed by atoms with Crippen molar-refractivity contribution in [2.45, 2.75) is 19.5 Å². The van der Waals surface area contributed by atoms with Gasteiger partial charge in [0.1, 0.15) is 16.9 Å². The van der Waals surface area contributed by atoms with Gasteiger partial charge in [-0.3, -0.25) is 0 Å². The van der Waals surface area contributed by atoms with E-state index >= 15 is 0 Å². The number of nitrogens with two attached hydrogens (primary N) is 1. The van der Waals surface area contributed by atoms with Crippen LogP contribution in [0.2, 0.25) is 0 Å². The molecule has 0 fully saturated rings. The number of thiazole rings is 1. The first-order chi connectivity index (χ1) is 8.99. The molecule has 0 radical (unpaired) electrons. The highest BCUT2D eigenvalue weighted by Gasteiger charge is 2.20. The van der Waals surface area contributed by atoms with Gasteiger partial charge in [0.25, 0.3) is 6.43 Å². The van der Waals surface area contributed by atoms with Crippen molar-refractivity contribution in [1.82, 2.24) is 9.36 Å². The lowest BCUT2D eigenvalue weighted by atomic mass is 10.2. The van der Waals surface area contributed by atoms with Gasteiger partial charge in [0, 0.05) is 11.9 Å². The lowest BCUT2D eigenvalue weighted by Gasteiger charge is -2.11. The summed E-state index contributed by atoms with van der Waals surface area (Å²) >= 11 is 2.52. The lowest BCUT2D eigenvalue weighted by molar-refractivity contribution is 0.00388. The summed E-state index contributed by atoms with van der Waals surface area (Å²) in [5.74, 6) is 0.296. The molecule has 2 rings (SSSR count).